The molecule has 0 amide bonds. The van der Waals surface area contributed by atoms with Crippen LogP contribution in [0.25, 0.3) is 11.5 Å². The second kappa shape index (κ2) is 8.90. The number of fused-ring (bicyclic) bond motifs is 1. The summed E-state index contributed by atoms with van der Waals surface area (Å²) < 4.78 is 0. The lowest BCUT2D eigenvalue weighted by atomic mass is 9.94. The van der Waals surface area contributed by atoms with Crippen molar-refractivity contribution >= 4 is 5.71 Å². The summed E-state index contributed by atoms with van der Waals surface area (Å²) in [6, 6.07) is 12.0. The average Bonchev–Trinajstić information content (AvgIpc) is 2.74. The highest BCUT2D eigenvalue weighted by atomic mass is 16.6. The third kappa shape index (κ3) is 4.83. The van der Waals surface area contributed by atoms with Gasteiger partial charge in [-0.1, -0.05) is 17.3 Å². The molecule has 0 unspecified atom stereocenters. The van der Waals surface area contributed by atoms with Crippen LogP contribution in [0.1, 0.15) is 47.6 Å². The van der Waals surface area contributed by atoms with Crippen molar-refractivity contribution in [3.63, 3.8) is 0 Å². The Morgan fingerprint density at radius 1 is 0.966 bits per heavy atom. The van der Waals surface area contributed by atoms with Gasteiger partial charge in [0.05, 0.1) is 5.69 Å². The van der Waals surface area contributed by atoms with E-state index in [0.29, 0.717) is 12.4 Å². The van der Waals surface area contributed by atoms with Gasteiger partial charge >= 0.3 is 0 Å². The Kier molecular flexibility index (Phi) is 5.89. The zero-order chi connectivity index (χ0) is 20.1. The highest BCUT2D eigenvalue weighted by Gasteiger charge is 2.17. The average molecular weight is 387 g/mol. The summed E-state index contributed by atoms with van der Waals surface area (Å²) in [5.74, 6) is 0.660. The largest absolute Gasteiger partial charge is 0.396 e. The molecule has 6 nitrogen and oxygen atoms in total. The van der Waals surface area contributed by atoms with Gasteiger partial charge in [-0.2, -0.15) is 0 Å². The molecule has 0 atom stereocenters. The SMILES string of the molecule is Cc1cccc(-c2nccc(CCCON=C3CCCc4ccc(C)nc43)n2)n1. The van der Waals surface area contributed by atoms with Gasteiger partial charge in [0.15, 0.2) is 5.82 Å². The monoisotopic (exact) mass is 387 g/mol. The molecule has 0 N–H and O–H groups in total. The second-order valence-corrected chi connectivity index (χ2v) is 7.32. The predicted octanol–water partition coefficient (Wildman–Crippen LogP) is 4.24. The number of aryl methyl sites for hydroxylation is 4. The highest BCUT2D eigenvalue weighted by Crippen LogP contribution is 2.20. The van der Waals surface area contributed by atoms with Crippen molar-refractivity contribution in [2.45, 2.75) is 46.0 Å². The van der Waals surface area contributed by atoms with Crippen LogP contribution in [-0.4, -0.2) is 32.3 Å². The third-order valence-corrected chi connectivity index (χ3v) is 4.93. The first-order valence-corrected chi connectivity index (χ1v) is 10.1. The number of aromatic nitrogens is 4. The van der Waals surface area contributed by atoms with Crippen molar-refractivity contribution in [2.75, 3.05) is 6.61 Å². The standard InChI is InChI=1S/C23H25N5O/c1-16-6-3-10-21(25-16)23-24-14-13-19(27-23)8-5-15-29-28-20-9-4-7-18-12-11-17(2)26-22(18)20/h3,6,10-14H,4-5,7-9,15H2,1-2H3. The fourth-order valence-corrected chi connectivity index (χ4v) is 3.46. The fraction of sp³-hybridized carbons (Fsp3) is 0.348. The van der Waals surface area contributed by atoms with E-state index in [9.17, 15) is 0 Å². The molecule has 148 valence electrons. The van der Waals surface area contributed by atoms with E-state index in [0.717, 1.165) is 66.3 Å². The number of pyridine rings is 2. The van der Waals surface area contributed by atoms with Crippen molar-refractivity contribution < 1.29 is 4.84 Å². The molecule has 1 aliphatic carbocycles. The van der Waals surface area contributed by atoms with Crippen molar-refractivity contribution in [3.05, 3.63) is 70.9 Å². The van der Waals surface area contributed by atoms with E-state index in [1.165, 1.54) is 5.56 Å². The summed E-state index contributed by atoms with van der Waals surface area (Å²) in [6.45, 7) is 4.52. The Labute approximate surface area is 171 Å². The molecule has 4 rings (SSSR count). The molecule has 3 aromatic heterocycles. The minimum Gasteiger partial charge on any atom is -0.396 e. The second-order valence-electron chi connectivity index (χ2n) is 7.32. The van der Waals surface area contributed by atoms with Gasteiger partial charge < -0.3 is 4.84 Å². The zero-order valence-electron chi connectivity index (χ0n) is 16.9. The third-order valence-electron chi connectivity index (χ3n) is 4.93. The van der Waals surface area contributed by atoms with Crippen LogP contribution in [0.2, 0.25) is 0 Å². The Morgan fingerprint density at radius 2 is 1.86 bits per heavy atom. The number of hydrogen-bond donors (Lipinski definition) is 0. The van der Waals surface area contributed by atoms with Crippen molar-refractivity contribution in [3.8, 4) is 11.5 Å². The van der Waals surface area contributed by atoms with E-state index < -0.39 is 0 Å². The molecule has 0 fully saturated rings. The molecule has 0 saturated heterocycles. The topological polar surface area (TPSA) is 73.2 Å². The van der Waals surface area contributed by atoms with Gasteiger partial charge in [-0.3, -0.25) is 4.98 Å². The zero-order valence-corrected chi connectivity index (χ0v) is 16.9. The number of rotatable bonds is 6. The van der Waals surface area contributed by atoms with E-state index in [-0.39, 0.29) is 0 Å². The Bertz CT molecular complexity index is 1030. The van der Waals surface area contributed by atoms with Crippen LogP contribution >= 0.6 is 0 Å². The Balaban J connectivity index is 1.33. The van der Waals surface area contributed by atoms with E-state index in [1.807, 2.05) is 38.1 Å². The lowest BCUT2D eigenvalue weighted by Crippen LogP contribution is -2.15. The summed E-state index contributed by atoms with van der Waals surface area (Å²) in [6.07, 6.45) is 6.50. The van der Waals surface area contributed by atoms with E-state index in [2.05, 4.69) is 37.2 Å². The lowest BCUT2D eigenvalue weighted by Gasteiger charge is -2.16. The molecule has 0 saturated carbocycles. The van der Waals surface area contributed by atoms with Crippen molar-refractivity contribution in [1.82, 2.24) is 19.9 Å². The van der Waals surface area contributed by atoms with Gasteiger partial charge in [0.2, 0.25) is 0 Å². The summed E-state index contributed by atoms with van der Waals surface area (Å²) in [5.41, 5.74) is 6.98. The highest BCUT2D eigenvalue weighted by molar-refractivity contribution is 6.00. The van der Waals surface area contributed by atoms with Crippen molar-refractivity contribution in [1.29, 1.82) is 0 Å². The van der Waals surface area contributed by atoms with Gasteiger partial charge in [-0.05, 0) is 75.8 Å². The van der Waals surface area contributed by atoms with Gasteiger partial charge in [-0.15, -0.1) is 0 Å². The number of oxime groups is 1. The number of hydrogen-bond acceptors (Lipinski definition) is 6. The van der Waals surface area contributed by atoms with Gasteiger partial charge in [-0.25, -0.2) is 15.0 Å². The molecule has 0 spiro atoms. The van der Waals surface area contributed by atoms with E-state index >= 15 is 0 Å². The Morgan fingerprint density at radius 3 is 2.76 bits per heavy atom. The van der Waals surface area contributed by atoms with Crippen LogP contribution in [0.15, 0.2) is 47.8 Å². The van der Waals surface area contributed by atoms with Crippen LogP contribution < -0.4 is 0 Å². The van der Waals surface area contributed by atoms with Gasteiger partial charge in [0.1, 0.15) is 18.0 Å². The minimum absolute atomic E-state index is 0.548. The fourth-order valence-electron chi connectivity index (χ4n) is 3.46. The summed E-state index contributed by atoms with van der Waals surface area (Å²) in [5, 5.41) is 4.38. The summed E-state index contributed by atoms with van der Waals surface area (Å²) in [4.78, 5) is 23.8. The molecule has 6 heteroatoms. The quantitative estimate of drug-likeness (QED) is 0.467. The first-order valence-electron chi connectivity index (χ1n) is 10.1. The predicted molar refractivity (Wildman–Crippen MR) is 113 cm³/mol. The molecule has 0 aliphatic heterocycles. The Hall–Kier alpha value is -3.15. The molecule has 3 heterocycles. The van der Waals surface area contributed by atoms with Gasteiger partial charge in [0, 0.05) is 23.3 Å². The number of nitrogens with zero attached hydrogens (tertiary/aromatic N) is 5. The molecule has 0 radical (unpaired) electrons. The first-order chi connectivity index (χ1) is 14.2. The van der Waals surface area contributed by atoms with E-state index in [1.54, 1.807) is 6.20 Å². The smallest absolute Gasteiger partial charge is 0.178 e. The maximum atomic E-state index is 5.61. The normalized spacial score (nSPS) is 14.6. The molecular weight excluding hydrogens is 362 g/mol. The van der Waals surface area contributed by atoms with Crippen LogP contribution in [-0.2, 0) is 17.7 Å². The summed E-state index contributed by atoms with van der Waals surface area (Å²) in [7, 11) is 0. The van der Waals surface area contributed by atoms with Crippen molar-refractivity contribution in [2.24, 2.45) is 5.16 Å². The first kappa shape index (κ1) is 19.2. The maximum absolute atomic E-state index is 5.61. The maximum Gasteiger partial charge on any atom is 0.178 e. The molecule has 0 aromatic carbocycles. The van der Waals surface area contributed by atoms with Gasteiger partial charge in [0.25, 0.3) is 0 Å². The molecular formula is C23H25N5O. The van der Waals surface area contributed by atoms with Crippen LogP contribution in [0.3, 0.4) is 0 Å². The van der Waals surface area contributed by atoms with Crippen LogP contribution in [0.5, 0.6) is 0 Å². The molecule has 3 aromatic rings. The van der Waals surface area contributed by atoms with Crippen LogP contribution in [0, 0.1) is 13.8 Å². The molecule has 1 aliphatic rings. The molecule has 29 heavy (non-hydrogen) atoms. The molecule has 0 bridgehead atoms. The lowest BCUT2D eigenvalue weighted by molar-refractivity contribution is 0.141. The van der Waals surface area contributed by atoms with Crippen LogP contribution in [0.4, 0.5) is 0 Å². The minimum atomic E-state index is 0.548. The summed E-state index contributed by atoms with van der Waals surface area (Å²) >= 11 is 0. The van der Waals surface area contributed by atoms with E-state index in [4.69, 9.17) is 4.84 Å².